The van der Waals surface area contributed by atoms with Gasteiger partial charge >= 0.3 is 5.97 Å². The molecule has 0 radical (unpaired) electrons. The number of carbonyl (C=O) groups excluding carboxylic acids is 2. The van der Waals surface area contributed by atoms with E-state index in [1.807, 2.05) is 0 Å². The zero-order valence-corrected chi connectivity index (χ0v) is 15.7. The Balaban J connectivity index is 1.94. The normalized spacial score (nSPS) is 15.4. The molecule has 1 aromatic carbocycles. The topological polar surface area (TPSA) is 102 Å². The Bertz CT molecular complexity index is 771. The molecule has 0 aromatic heterocycles. The highest BCUT2D eigenvalue weighted by molar-refractivity contribution is 7.88. The molecule has 0 aliphatic carbocycles. The van der Waals surface area contributed by atoms with E-state index in [9.17, 15) is 18.0 Å². The van der Waals surface area contributed by atoms with Gasteiger partial charge in [0.1, 0.15) is 0 Å². The van der Waals surface area contributed by atoms with Gasteiger partial charge in [0.25, 0.3) is 5.91 Å². The lowest BCUT2D eigenvalue weighted by Gasteiger charge is -2.33. The summed E-state index contributed by atoms with van der Waals surface area (Å²) in [5, 5.41) is 0. The van der Waals surface area contributed by atoms with E-state index < -0.39 is 16.0 Å². The number of rotatable bonds is 6. The summed E-state index contributed by atoms with van der Waals surface area (Å²) < 4.78 is 39.7. The summed E-state index contributed by atoms with van der Waals surface area (Å²) in [6.07, 6.45) is 1.15. The van der Waals surface area contributed by atoms with Crippen LogP contribution in [0.4, 0.5) is 0 Å². The molecule has 144 valence electrons. The first kappa shape index (κ1) is 20.0. The molecule has 9 nitrogen and oxygen atoms in total. The third-order valence-corrected chi connectivity index (χ3v) is 5.30. The number of piperazine rings is 1. The molecule has 1 fully saturated rings. The average Bonchev–Trinajstić information content (AvgIpc) is 2.64. The molecule has 1 aliphatic heterocycles. The zero-order chi connectivity index (χ0) is 19.3. The first-order valence-corrected chi connectivity index (χ1v) is 9.73. The van der Waals surface area contributed by atoms with Crippen LogP contribution < -0.4 is 9.47 Å². The number of amides is 1. The van der Waals surface area contributed by atoms with Crippen LogP contribution in [0.5, 0.6) is 11.5 Å². The minimum absolute atomic E-state index is 0.215. The Hall–Kier alpha value is -2.33. The van der Waals surface area contributed by atoms with Crippen molar-refractivity contribution in [3.8, 4) is 11.5 Å². The molecule has 0 saturated carbocycles. The molecule has 1 aromatic rings. The Morgan fingerprint density at radius 2 is 1.73 bits per heavy atom. The summed E-state index contributed by atoms with van der Waals surface area (Å²) >= 11 is 0. The van der Waals surface area contributed by atoms with Crippen molar-refractivity contribution in [2.45, 2.75) is 0 Å². The summed E-state index contributed by atoms with van der Waals surface area (Å²) in [4.78, 5) is 25.4. The summed E-state index contributed by atoms with van der Waals surface area (Å²) in [6.45, 7) is 0.942. The van der Waals surface area contributed by atoms with Crippen LogP contribution in [0.3, 0.4) is 0 Å². The molecule has 1 saturated heterocycles. The van der Waals surface area contributed by atoms with Crippen molar-refractivity contribution < 1.29 is 32.2 Å². The number of carbonyl (C=O) groups is 2. The molecule has 0 bridgehead atoms. The van der Waals surface area contributed by atoms with Gasteiger partial charge in [0, 0.05) is 26.2 Å². The Kier molecular flexibility index (Phi) is 6.43. The van der Waals surface area contributed by atoms with Crippen LogP contribution >= 0.6 is 0 Å². The van der Waals surface area contributed by atoms with E-state index in [1.165, 1.54) is 36.7 Å². The third-order valence-electron chi connectivity index (χ3n) is 4.00. The quantitative estimate of drug-likeness (QED) is 0.632. The van der Waals surface area contributed by atoms with Gasteiger partial charge in [0.05, 0.1) is 26.0 Å². The number of sulfonamides is 1. The van der Waals surface area contributed by atoms with Gasteiger partial charge in [0.15, 0.2) is 18.1 Å². The van der Waals surface area contributed by atoms with Crippen molar-refractivity contribution in [2.75, 3.05) is 53.3 Å². The lowest BCUT2D eigenvalue weighted by atomic mass is 10.2. The fraction of sp³-hybridized carbons (Fsp3) is 0.500. The van der Waals surface area contributed by atoms with E-state index in [0.29, 0.717) is 30.2 Å². The smallest absolute Gasteiger partial charge is 0.337 e. The van der Waals surface area contributed by atoms with Crippen molar-refractivity contribution in [2.24, 2.45) is 0 Å². The van der Waals surface area contributed by atoms with Crippen molar-refractivity contribution >= 4 is 21.9 Å². The van der Waals surface area contributed by atoms with Gasteiger partial charge < -0.3 is 19.1 Å². The van der Waals surface area contributed by atoms with E-state index in [0.717, 1.165) is 6.26 Å². The highest BCUT2D eigenvalue weighted by atomic mass is 32.2. The fourth-order valence-electron chi connectivity index (χ4n) is 2.53. The molecule has 2 rings (SSSR count). The number of benzene rings is 1. The van der Waals surface area contributed by atoms with Gasteiger partial charge in [-0.1, -0.05) is 0 Å². The molecule has 0 unspecified atom stereocenters. The lowest BCUT2D eigenvalue weighted by Crippen LogP contribution is -2.51. The third kappa shape index (κ3) is 4.85. The number of nitrogens with zero attached hydrogens (tertiary/aromatic N) is 2. The second-order valence-corrected chi connectivity index (χ2v) is 7.67. The van der Waals surface area contributed by atoms with Gasteiger partial charge in [-0.25, -0.2) is 13.2 Å². The molecule has 0 atom stereocenters. The lowest BCUT2D eigenvalue weighted by molar-refractivity contribution is -0.134. The molecule has 1 heterocycles. The van der Waals surface area contributed by atoms with Gasteiger partial charge in [0.2, 0.25) is 10.0 Å². The van der Waals surface area contributed by atoms with Gasteiger partial charge in [-0.2, -0.15) is 4.31 Å². The van der Waals surface area contributed by atoms with Crippen LogP contribution in [0.2, 0.25) is 0 Å². The SMILES string of the molecule is COC(=O)c1ccc(OCC(=O)N2CCN(S(C)(=O)=O)CC2)c(OC)c1. The summed E-state index contributed by atoms with van der Waals surface area (Å²) in [5.74, 6) is -0.127. The molecule has 1 amide bonds. The largest absolute Gasteiger partial charge is 0.493 e. The number of hydrogen-bond acceptors (Lipinski definition) is 7. The summed E-state index contributed by atoms with van der Waals surface area (Å²) in [5.41, 5.74) is 0.305. The van der Waals surface area contributed by atoms with Gasteiger partial charge in [-0.15, -0.1) is 0 Å². The number of methoxy groups -OCH3 is 2. The maximum Gasteiger partial charge on any atom is 0.337 e. The molecular formula is C16H22N2O7S. The molecule has 26 heavy (non-hydrogen) atoms. The second-order valence-electron chi connectivity index (χ2n) is 5.69. The van der Waals surface area contributed by atoms with E-state index in [2.05, 4.69) is 4.74 Å². The van der Waals surface area contributed by atoms with E-state index in [1.54, 1.807) is 4.90 Å². The van der Waals surface area contributed by atoms with E-state index in [-0.39, 0.29) is 25.6 Å². The average molecular weight is 386 g/mol. The number of ether oxygens (including phenoxy) is 3. The number of hydrogen-bond donors (Lipinski definition) is 0. The first-order valence-electron chi connectivity index (χ1n) is 7.88. The van der Waals surface area contributed by atoms with Crippen LogP contribution in [-0.4, -0.2) is 82.8 Å². The Morgan fingerprint density at radius 1 is 1.08 bits per heavy atom. The van der Waals surface area contributed by atoms with Gasteiger partial charge in [-0.3, -0.25) is 4.79 Å². The van der Waals surface area contributed by atoms with Crippen LogP contribution in [0.15, 0.2) is 18.2 Å². The summed E-state index contributed by atoms with van der Waals surface area (Å²) in [6, 6.07) is 4.51. The second kappa shape index (κ2) is 8.37. The van der Waals surface area contributed by atoms with E-state index >= 15 is 0 Å². The maximum atomic E-state index is 12.3. The van der Waals surface area contributed by atoms with E-state index in [4.69, 9.17) is 9.47 Å². The monoisotopic (exact) mass is 386 g/mol. The molecule has 0 N–H and O–H groups in total. The van der Waals surface area contributed by atoms with Crippen LogP contribution in [0, 0.1) is 0 Å². The molecule has 1 aliphatic rings. The molecular weight excluding hydrogens is 364 g/mol. The number of esters is 1. The van der Waals surface area contributed by atoms with Crippen LogP contribution in [0.1, 0.15) is 10.4 Å². The standard InChI is InChI=1S/C16H22N2O7S/c1-23-14-10-12(16(20)24-2)4-5-13(14)25-11-15(19)17-6-8-18(9-7-17)26(3,21)22/h4-5,10H,6-9,11H2,1-3H3. The fourth-order valence-corrected chi connectivity index (χ4v) is 3.36. The van der Waals surface area contributed by atoms with Crippen molar-refractivity contribution in [3.63, 3.8) is 0 Å². The van der Waals surface area contributed by atoms with Crippen LogP contribution in [0.25, 0.3) is 0 Å². The molecule has 0 spiro atoms. The van der Waals surface area contributed by atoms with Gasteiger partial charge in [-0.05, 0) is 18.2 Å². The predicted molar refractivity (Wildman–Crippen MR) is 92.8 cm³/mol. The molecule has 10 heteroatoms. The Morgan fingerprint density at radius 3 is 2.27 bits per heavy atom. The predicted octanol–water partition coefficient (Wildman–Crippen LogP) is -0.0356. The van der Waals surface area contributed by atoms with Crippen molar-refractivity contribution in [1.29, 1.82) is 0 Å². The van der Waals surface area contributed by atoms with Crippen molar-refractivity contribution in [3.05, 3.63) is 23.8 Å². The zero-order valence-electron chi connectivity index (χ0n) is 14.9. The summed E-state index contributed by atoms with van der Waals surface area (Å²) in [7, 11) is -0.538. The first-order chi connectivity index (χ1) is 12.3. The highest BCUT2D eigenvalue weighted by Gasteiger charge is 2.26. The maximum absolute atomic E-state index is 12.3. The van der Waals surface area contributed by atoms with Crippen LogP contribution in [-0.2, 0) is 19.6 Å². The minimum atomic E-state index is -3.24. The Labute approximate surface area is 152 Å². The highest BCUT2D eigenvalue weighted by Crippen LogP contribution is 2.28. The minimum Gasteiger partial charge on any atom is -0.493 e. The van der Waals surface area contributed by atoms with Crippen molar-refractivity contribution in [1.82, 2.24) is 9.21 Å².